The summed E-state index contributed by atoms with van der Waals surface area (Å²) >= 11 is 0. The standard InChI is InChI=1S/C13H18N2.2ClH/c1-15(2)13-5-3-11(4-6-13)12-7-9-14-10-8-12;;/h3-7,14H,8-10H2,1-2H3;2*1H. The number of anilines is 1. The van der Waals surface area contributed by atoms with Crippen molar-refractivity contribution in [1.82, 2.24) is 5.32 Å². The summed E-state index contributed by atoms with van der Waals surface area (Å²) in [5.41, 5.74) is 4.09. The third-order valence-electron chi connectivity index (χ3n) is 2.82. The molecule has 1 aliphatic heterocycles. The van der Waals surface area contributed by atoms with E-state index in [0.29, 0.717) is 0 Å². The molecule has 0 aliphatic carbocycles. The van der Waals surface area contributed by atoms with Crippen LogP contribution in [0.5, 0.6) is 0 Å². The van der Waals surface area contributed by atoms with Crippen molar-refractivity contribution in [3.63, 3.8) is 0 Å². The largest absolute Gasteiger partial charge is 0.378 e. The van der Waals surface area contributed by atoms with E-state index in [2.05, 4.69) is 54.7 Å². The summed E-state index contributed by atoms with van der Waals surface area (Å²) in [5, 5.41) is 3.33. The normalized spacial score (nSPS) is 14.1. The maximum Gasteiger partial charge on any atom is 0.0361 e. The van der Waals surface area contributed by atoms with Crippen molar-refractivity contribution in [2.45, 2.75) is 6.42 Å². The number of nitrogens with zero attached hydrogens (tertiary/aromatic N) is 1. The van der Waals surface area contributed by atoms with Gasteiger partial charge >= 0.3 is 0 Å². The van der Waals surface area contributed by atoms with Gasteiger partial charge < -0.3 is 10.2 Å². The van der Waals surface area contributed by atoms with Crippen LogP contribution in [0.1, 0.15) is 12.0 Å². The fraction of sp³-hybridized carbons (Fsp3) is 0.385. The van der Waals surface area contributed by atoms with Crippen molar-refractivity contribution in [3.8, 4) is 0 Å². The van der Waals surface area contributed by atoms with Gasteiger partial charge in [0, 0.05) is 26.3 Å². The fourth-order valence-electron chi connectivity index (χ4n) is 1.86. The Bertz CT molecular complexity index is 358. The van der Waals surface area contributed by atoms with Crippen LogP contribution < -0.4 is 10.2 Å². The second-order valence-electron chi connectivity index (χ2n) is 4.12. The van der Waals surface area contributed by atoms with Gasteiger partial charge in [-0.1, -0.05) is 18.2 Å². The number of rotatable bonds is 2. The van der Waals surface area contributed by atoms with Crippen molar-refractivity contribution < 1.29 is 0 Å². The molecule has 0 atom stereocenters. The Kier molecular flexibility index (Phi) is 7.28. The van der Waals surface area contributed by atoms with Crippen molar-refractivity contribution in [3.05, 3.63) is 35.9 Å². The summed E-state index contributed by atoms with van der Waals surface area (Å²) < 4.78 is 0. The molecule has 1 aliphatic rings. The first-order chi connectivity index (χ1) is 7.27. The monoisotopic (exact) mass is 274 g/mol. The molecule has 0 radical (unpaired) electrons. The maximum absolute atomic E-state index is 3.33. The zero-order valence-corrected chi connectivity index (χ0v) is 11.9. The van der Waals surface area contributed by atoms with E-state index >= 15 is 0 Å². The van der Waals surface area contributed by atoms with E-state index in [4.69, 9.17) is 0 Å². The van der Waals surface area contributed by atoms with Gasteiger partial charge in [-0.15, -0.1) is 24.8 Å². The fourth-order valence-corrected chi connectivity index (χ4v) is 1.86. The molecule has 1 aromatic carbocycles. The summed E-state index contributed by atoms with van der Waals surface area (Å²) in [4.78, 5) is 2.13. The van der Waals surface area contributed by atoms with Gasteiger partial charge in [-0.25, -0.2) is 0 Å². The molecule has 0 saturated carbocycles. The maximum atomic E-state index is 3.33. The van der Waals surface area contributed by atoms with E-state index in [0.717, 1.165) is 19.5 Å². The van der Waals surface area contributed by atoms with Crippen LogP contribution in [-0.4, -0.2) is 27.2 Å². The lowest BCUT2D eigenvalue weighted by Gasteiger charge is -2.16. The van der Waals surface area contributed by atoms with Gasteiger partial charge in [-0.05, 0) is 36.2 Å². The topological polar surface area (TPSA) is 15.3 Å². The molecule has 0 aromatic heterocycles. The lowest BCUT2D eigenvalue weighted by atomic mass is 10.00. The minimum atomic E-state index is 0. The Morgan fingerprint density at radius 2 is 1.71 bits per heavy atom. The van der Waals surface area contributed by atoms with Crippen LogP contribution in [0.15, 0.2) is 30.3 Å². The summed E-state index contributed by atoms with van der Waals surface area (Å²) in [6.45, 7) is 2.10. The molecule has 0 unspecified atom stereocenters. The smallest absolute Gasteiger partial charge is 0.0361 e. The van der Waals surface area contributed by atoms with Crippen molar-refractivity contribution in [2.24, 2.45) is 0 Å². The molecule has 0 spiro atoms. The zero-order chi connectivity index (χ0) is 10.7. The molecule has 1 heterocycles. The molecule has 0 bridgehead atoms. The molecule has 0 amide bonds. The first-order valence-electron chi connectivity index (χ1n) is 5.45. The van der Waals surface area contributed by atoms with E-state index in [1.807, 2.05) is 0 Å². The van der Waals surface area contributed by atoms with Crippen LogP contribution in [0.25, 0.3) is 5.57 Å². The van der Waals surface area contributed by atoms with E-state index < -0.39 is 0 Å². The van der Waals surface area contributed by atoms with E-state index in [1.165, 1.54) is 16.8 Å². The van der Waals surface area contributed by atoms with Crippen LogP contribution in [0.3, 0.4) is 0 Å². The highest BCUT2D eigenvalue weighted by atomic mass is 35.5. The van der Waals surface area contributed by atoms with Gasteiger partial charge in [0.2, 0.25) is 0 Å². The van der Waals surface area contributed by atoms with Crippen LogP contribution in [-0.2, 0) is 0 Å². The number of nitrogens with one attached hydrogen (secondary N) is 1. The predicted molar refractivity (Wildman–Crippen MR) is 80.7 cm³/mol. The molecule has 2 rings (SSSR count). The zero-order valence-electron chi connectivity index (χ0n) is 10.3. The molecule has 4 heteroatoms. The first-order valence-corrected chi connectivity index (χ1v) is 5.45. The van der Waals surface area contributed by atoms with Gasteiger partial charge in [-0.2, -0.15) is 0 Å². The van der Waals surface area contributed by atoms with Gasteiger partial charge in [0.05, 0.1) is 0 Å². The Labute approximate surface area is 116 Å². The second kappa shape index (κ2) is 7.59. The average Bonchev–Trinajstić information content (AvgIpc) is 2.30. The number of hydrogen-bond acceptors (Lipinski definition) is 2. The molecule has 1 N–H and O–H groups in total. The van der Waals surface area contributed by atoms with Gasteiger partial charge in [-0.3, -0.25) is 0 Å². The molecule has 0 saturated heterocycles. The van der Waals surface area contributed by atoms with Crippen LogP contribution in [0.2, 0.25) is 0 Å². The van der Waals surface area contributed by atoms with Crippen LogP contribution in [0.4, 0.5) is 5.69 Å². The highest BCUT2D eigenvalue weighted by Gasteiger charge is 2.05. The summed E-state index contributed by atoms with van der Waals surface area (Å²) in [7, 11) is 4.14. The predicted octanol–water partition coefficient (Wildman–Crippen LogP) is 2.97. The van der Waals surface area contributed by atoms with Gasteiger partial charge in [0.1, 0.15) is 0 Å². The lowest BCUT2D eigenvalue weighted by molar-refractivity contribution is 0.738. The van der Waals surface area contributed by atoms with E-state index in [1.54, 1.807) is 0 Å². The third-order valence-corrected chi connectivity index (χ3v) is 2.82. The first kappa shape index (κ1) is 16.3. The molecule has 1 aromatic rings. The summed E-state index contributed by atoms with van der Waals surface area (Å²) in [6, 6.07) is 8.79. The van der Waals surface area contributed by atoms with Gasteiger partial charge in [0.15, 0.2) is 0 Å². The minimum absolute atomic E-state index is 0. The third kappa shape index (κ3) is 4.23. The number of halogens is 2. The van der Waals surface area contributed by atoms with E-state index in [-0.39, 0.29) is 24.8 Å². The Hall–Kier alpha value is -0.700. The Morgan fingerprint density at radius 3 is 2.18 bits per heavy atom. The van der Waals surface area contributed by atoms with Crippen molar-refractivity contribution >= 4 is 36.1 Å². The summed E-state index contributed by atoms with van der Waals surface area (Å²) in [5.74, 6) is 0. The molecule has 2 nitrogen and oxygen atoms in total. The van der Waals surface area contributed by atoms with Crippen LogP contribution >= 0.6 is 24.8 Å². The van der Waals surface area contributed by atoms with E-state index in [9.17, 15) is 0 Å². The highest BCUT2D eigenvalue weighted by Crippen LogP contribution is 2.22. The molecular formula is C13H20Cl2N2. The Morgan fingerprint density at radius 1 is 1.06 bits per heavy atom. The second-order valence-corrected chi connectivity index (χ2v) is 4.12. The van der Waals surface area contributed by atoms with Crippen LogP contribution in [0, 0.1) is 0 Å². The van der Waals surface area contributed by atoms with Crippen molar-refractivity contribution in [1.29, 1.82) is 0 Å². The molecule has 0 fully saturated rings. The minimum Gasteiger partial charge on any atom is -0.378 e. The number of hydrogen-bond donors (Lipinski definition) is 1. The molecular weight excluding hydrogens is 255 g/mol. The SMILES string of the molecule is CN(C)c1ccc(C2=CCNCC2)cc1.Cl.Cl. The summed E-state index contributed by atoms with van der Waals surface area (Å²) in [6.07, 6.45) is 3.43. The van der Waals surface area contributed by atoms with Crippen molar-refractivity contribution in [2.75, 3.05) is 32.1 Å². The quantitative estimate of drug-likeness (QED) is 0.892. The lowest BCUT2D eigenvalue weighted by Crippen LogP contribution is -2.20. The molecule has 17 heavy (non-hydrogen) atoms. The molecule has 96 valence electrons. The Balaban J connectivity index is 0.00000128. The highest BCUT2D eigenvalue weighted by molar-refractivity contribution is 5.85. The number of benzene rings is 1. The van der Waals surface area contributed by atoms with Gasteiger partial charge in [0.25, 0.3) is 0 Å². The average molecular weight is 275 g/mol.